The Morgan fingerprint density at radius 3 is 2.48 bits per heavy atom. The van der Waals surface area contributed by atoms with Crippen LogP contribution in [0.4, 0.5) is 0 Å². The Labute approximate surface area is 134 Å². The second kappa shape index (κ2) is 6.32. The van der Waals surface area contributed by atoms with E-state index in [2.05, 4.69) is 10.3 Å². The van der Waals surface area contributed by atoms with Crippen LogP contribution >= 0.6 is 0 Å². The van der Waals surface area contributed by atoms with Gasteiger partial charge in [-0.25, -0.2) is 0 Å². The minimum Gasteiger partial charge on any atom is -0.349 e. The lowest BCUT2D eigenvalue weighted by molar-refractivity contribution is -0.147. The summed E-state index contributed by atoms with van der Waals surface area (Å²) in [6, 6.07) is 4.63. The van der Waals surface area contributed by atoms with Crippen LogP contribution in [-0.4, -0.2) is 33.6 Å². The van der Waals surface area contributed by atoms with Gasteiger partial charge in [0.2, 0.25) is 17.7 Å². The number of nitrogens with zero attached hydrogens (tertiary/aromatic N) is 2. The number of nitrogens with one attached hydrogen (secondary N) is 1. The second-order valence-electron chi connectivity index (χ2n) is 5.92. The minimum absolute atomic E-state index is 0.232. The SMILES string of the molecule is C[C@H](C(=O)NCc1ccccn1)N1C(=O)[C@H]2CC=CC[C@@H]2C1=O. The first-order chi connectivity index (χ1) is 11.1. The smallest absolute Gasteiger partial charge is 0.243 e. The van der Waals surface area contributed by atoms with Crippen molar-refractivity contribution in [2.24, 2.45) is 11.8 Å². The van der Waals surface area contributed by atoms with Crippen LogP contribution in [0.15, 0.2) is 36.5 Å². The molecule has 0 radical (unpaired) electrons. The van der Waals surface area contributed by atoms with Crippen LogP contribution in [0, 0.1) is 11.8 Å². The number of amides is 3. The Morgan fingerprint density at radius 2 is 1.91 bits per heavy atom. The first-order valence-corrected chi connectivity index (χ1v) is 7.79. The Balaban J connectivity index is 1.65. The van der Waals surface area contributed by atoms with Crippen LogP contribution in [0.1, 0.15) is 25.5 Å². The van der Waals surface area contributed by atoms with Gasteiger partial charge in [0.1, 0.15) is 6.04 Å². The summed E-state index contributed by atoms with van der Waals surface area (Å²) in [7, 11) is 0. The zero-order valence-corrected chi connectivity index (χ0v) is 12.9. The molecule has 1 saturated heterocycles. The van der Waals surface area contributed by atoms with E-state index in [1.807, 2.05) is 18.2 Å². The molecule has 6 heteroatoms. The van der Waals surface area contributed by atoms with Gasteiger partial charge in [-0.15, -0.1) is 0 Å². The van der Waals surface area contributed by atoms with Gasteiger partial charge in [0.05, 0.1) is 24.1 Å². The van der Waals surface area contributed by atoms with E-state index in [0.717, 1.165) is 10.6 Å². The highest BCUT2D eigenvalue weighted by Gasteiger charge is 2.49. The Kier molecular flexibility index (Phi) is 4.23. The van der Waals surface area contributed by atoms with Gasteiger partial charge in [0, 0.05) is 6.20 Å². The van der Waals surface area contributed by atoms with Crippen LogP contribution in [0.25, 0.3) is 0 Å². The summed E-state index contributed by atoms with van der Waals surface area (Å²) in [5.41, 5.74) is 0.727. The molecular weight excluding hydrogens is 294 g/mol. The average Bonchev–Trinajstić information content (AvgIpc) is 2.84. The first kappa shape index (κ1) is 15.4. The number of imide groups is 1. The number of carbonyl (C=O) groups is 3. The molecule has 1 N–H and O–H groups in total. The van der Waals surface area contributed by atoms with E-state index in [0.29, 0.717) is 12.8 Å². The van der Waals surface area contributed by atoms with Crippen LogP contribution in [-0.2, 0) is 20.9 Å². The lowest BCUT2D eigenvalue weighted by atomic mass is 9.85. The largest absolute Gasteiger partial charge is 0.349 e. The molecule has 0 aromatic carbocycles. The fourth-order valence-electron chi connectivity index (χ4n) is 3.15. The normalized spacial score (nSPS) is 24.5. The highest BCUT2D eigenvalue weighted by Crippen LogP contribution is 2.36. The van der Waals surface area contributed by atoms with E-state index in [9.17, 15) is 14.4 Å². The monoisotopic (exact) mass is 313 g/mol. The summed E-state index contributed by atoms with van der Waals surface area (Å²) in [6.07, 6.45) is 6.67. The average molecular weight is 313 g/mol. The standard InChI is InChI=1S/C17H19N3O3/c1-11(15(21)19-10-12-6-4-5-9-18-12)20-16(22)13-7-2-3-8-14(13)17(20)23/h2-6,9,11,13-14H,7-8,10H2,1H3,(H,19,21)/t11-,13+,14+/m1/s1. The van der Waals surface area contributed by atoms with Crippen molar-refractivity contribution in [2.45, 2.75) is 32.4 Å². The van der Waals surface area contributed by atoms with E-state index in [1.165, 1.54) is 0 Å². The molecular formula is C17H19N3O3. The topological polar surface area (TPSA) is 79.4 Å². The molecule has 6 nitrogen and oxygen atoms in total. The fourth-order valence-corrected chi connectivity index (χ4v) is 3.15. The van der Waals surface area contributed by atoms with Gasteiger partial charge < -0.3 is 5.32 Å². The van der Waals surface area contributed by atoms with Crippen molar-refractivity contribution in [1.29, 1.82) is 0 Å². The molecule has 23 heavy (non-hydrogen) atoms. The third-order valence-electron chi connectivity index (χ3n) is 4.48. The zero-order chi connectivity index (χ0) is 16.4. The van der Waals surface area contributed by atoms with Gasteiger partial charge in [-0.1, -0.05) is 18.2 Å². The van der Waals surface area contributed by atoms with Crippen LogP contribution in [0.2, 0.25) is 0 Å². The fraction of sp³-hybridized carbons (Fsp3) is 0.412. The molecule has 3 amide bonds. The van der Waals surface area contributed by atoms with Crippen molar-refractivity contribution in [3.05, 3.63) is 42.2 Å². The van der Waals surface area contributed by atoms with Crippen LogP contribution in [0.5, 0.6) is 0 Å². The van der Waals surface area contributed by atoms with E-state index < -0.39 is 6.04 Å². The lowest BCUT2D eigenvalue weighted by Crippen LogP contribution is -2.48. The predicted octanol–water partition coefficient (Wildman–Crippen LogP) is 1.04. The van der Waals surface area contributed by atoms with Crippen molar-refractivity contribution < 1.29 is 14.4 Å². The molecule has 1 aromatic rings. The highest BCUT2D eigenvalue weighted by atomic mass is 16.2. The van der Waals surface area contributed by atoms with Crippen molar-refractivity contribution in [3.63, 3.8) is 0 Å². The van der Waals surface area contributed by atoms with Crippen LogP contribution in [0.3, 0.4) is 0 Å². The number of aromatic nitrogens is 1. The first-order valence-electron chi connectivity index (χ1n) is 7.79. The van der Waals surface area contributed by atoms with Gasteiger partial charge in [-0.05, 0) is 31.9 Å². The Bertz CT molecular complexity index is 630. The lowest BCUT2D eigenvalue weighted by Gasteiger charge is -2.22. The zero-order valence-electron chi connectivity index (χ0n) is 12.9. The predicted molar refractivity (Wildman–Crippen MR) is 82.8 cm³/mol. The number of fused-ring (bicyclic) bond motifs is 1. The van der Waals surface area contributed by atoms with E-state index in [4.69, 9.17) is 0 Å². The third kappa shape index (κ3) is 2.88. The van der Waals surface area contributed by atoms with E-state index >= 15 is 0 Å². The summed E-state index contributed by atoms with van der Waals surface area (Å²) >= 11 is 0. The van der Waals surface area contributed by atoms with Crippen LogP contribution < -0.4 is 5.32 Å². The van der Waals surface area contributed by atoms with Crippen molar-refractivity contribution in [1.82, 2.24) is 15.2 Å². The van der Waals surface area contributed by atoms with E-state index in [-0.39, 0.29) is 36.1 Å². The molecule has 1 aliphatic carbocycles. The second-order valence-corrected chi connectivity index (χ2v) is 5.92. The maximum absolute atomic E-state index is 12.4. The highest BCUT2D eigenvalue weighted by molar-refractivity contribution is 6.08. The molecule has 3 atom stereocenters. The number of hydrogen-bond acceptors (Lipinski definition) is 4. The third-order valence-corrected chi connectivity index (χ3v) is 4.48. The van der Waals surface area contributed by atoms with Gasteiger partial charge in [-0.3, -0.25) is 24.3 Å². The number of carbonyl (C=O) groups excluding carboxylic acids is 3. The molecule has 0 saturated carbocycles. The molecule has 2 heterocycles. The summed E-state index contributed by atoms with van der Waals surface area (Å²) in [4.78, 5) is 42.5. The molecule has 0 bridgehead atoms. The molecule has 1 aromatic heterocycles. The number of hydrogen-bond donors (Lipinski definition) is 1. The van der Waals surface area contributed by atoms with E-state index in [1.54, 1.807) is 25.3 Å². The molecule has 2 aliphatic rings. The minimum atomic E-state index is -0.802. The molecule has 120 valence electrons. The molecule has 0 spiro atoms. The number of likely N-dealkylation sites (tertiary alicyclic amines) is 1. The molecule has 1 aliphatic heterocycles. The Hall–Kier alpha value is -2.50. The molecule has 0 unspecified atom stereocenters. The summed E-state index contributed by atoms with van der Waals surface area (Å²) in [5.74, 6) is -1.42. The number of rotatable bonds is 4. The van der Waals surface area contributed by atoms with Gasteiger partial charge in [0.15, 0.2) is 0 Å². The van der Waals surface area contributed by atoms with Crippen molar-refractivity contribution in [2.75, 3.05) is 0 Å². The van der Waals surface area contributed by atoms with Gasteiger partial charge in [-0.2, -0.15) is 0 Å². The van der Waals surface area contributed by atoms with Crippen molar-refractivity contribution >= 4 is 17.7 Å². The summed E-state index contributed by atoms with van der Waals surface area (Å²) in [5, 5.41) is 2.73. The maximum atomic E-state index is 12.4. The maximum Gasteiger partial charge on any atom is 0.243 e. The summed E-state index contributed by atoms with van der Waals surface area (Å²) < 4.78 is 0. The summed E-state index contributed by atoms with van der Waals surface area (Å²) in [6.45, 7) is 1.86. The molecule has 3 rings (SSSR count). The van der Waals surface area contributed by atoms with Gasteiger partial charge in [0.25, 0.3) is 0 Å². The Morgan fingerprint density at radius 1 is 1.26 bits per heavy atom. The van der Waals surface area contributed by atoms with Gasteiger partial charge >= 0.3 is 0 Å². The molecule has 1 fully saturated rings. The number of pyridine rings is 1. The van der Waals surface area contributed by atoms with Crippen molar-refractivity contribution in [3.8, 4) is 0 Å². The quantitative estimate of drug-likeness (QED) is 0.665. The number of allylic oxidation sites excluding steroid dienone is 2.